The molecule has 0 spiro atoms. The number of carbonyl (C=O) groups excluding carboxylic acids is 1. The van der Waals surface area contributed by atoms with Crippen molar-refractivity contribution in [1.29, 1.82) is 0 Å². The number of hydrogen-bond donors (Lipinski definition) is 1. The first-order valence-electron chi connectivity index (χ1n) is 9.36. The standard InChI is InChI=1S/C23H24BrN3OS/c1-15-8-10-22(11-9-15)29-18(4)23(28)26-25-14-19-12-16(2)27(17(19)3)21-7-5-6-20(24)13-21/h5-14,18H,1-4H3,(H,26,28)/b25-14-/t18-/m1/s1. The van der Waals surface area contributed by atoms with E-state index in [4.69, 9.17) is 0 Å². The number of benzene rings is 2. The zero-order chi connectivity index (χ0) is 21.0. The van der Waals surface area contributed by atoms with Crippen LogP contribution >= 0.6 is 27.7 Å². The molecular weight excluding hydrogens is 446 g/mol. The minimum Gasteiger partial charge on any atom is -0.318 e. The molecule has 3 rings (SSSR count). The highest BCUT2D eigenvalue weighted by Gasteiger charge is 2.14. The SMILES string of the molecule is Cc1ccc(S[C@H](C)C(=O)N/N=C\c2cc(C)n(-c3cccc(Br)c3)c2C)cc1. The first kappa shape index (κ1) is 21.4. The highest BCUT2D eigenvalue weighted by atomic mass is 79.9. The fourth-order valence-corrected chi connectivity index (χ4v) is 4.31. The van der Waals surface area contributed by atoms with Crippen LogP contribution in [0.3, 0.4) is 0 Å². The molecule has 0 unspecified atom stereocenters. The molecule has 0 fully saturated rings. The monoisotopic (exact) mass is 469 g/mol. The van der Waals surface area contributed by atoms with Crippen LogP contribution in [0.25, 0.3) is 5.69 Å². The van der Waals surface area contributed by atoms with Crippen LogP contribution in [0.1, 0.15) is 29.4 Å². The number of carbonyl (C=O) groups is 1. The number of aromatic nitrogens is 1. The van der Waals surface area contributed by atoms with Crippen LogP contribution in [0.15, 0.2) is 69.1 Å². The lowest BCUT2D eigenvalue weighted by molar-refractivity contribution is -0.120. The summed E-state index contributed by atoms with van der Waals surface area (Å²) in [5.41, 5.74) is 8.10. The van der Waals surface area contributed by atoms with Gasteiger partial charge in [0.2, 0.25) is 0 Å². The minimum atomic E-state index is -0.232. The molecule has 2 aromatic carbocycles. The number of hydrazone groups is 1. The van der Waals surface area contributed by atoms with E-state index in [0.717, 1.165) is 32.0 Å². The van der Waals surface area contributed by atoms with E-state index in [9.17, 15) is 4.79 Å². The highest BCUT2D eigenvalue weighted by molar-refractivity contribution is 9.10. The van der Waals surface area contributed by atoms with Crippen molar-refractivity contribution in [1.82, 2.24) is 9.99 Å². The lowest BCUT2D eigenvalue weighted by atomic mass is 10.2. The van der Waals surface area contributed by atoms with E-state index in [1.807, 2.05) is 57.2 Å². The Bertz CT molecular complexity index is 1040. The molecule has 29 heavy (non-hydrogen) atoms. The van der Waals surface area contributed by atoms with E-state index < -0.39 is 0 Å². The fraction of sp³-hybridized carbons (Fsp3) is 0.217. The van der Waals surface area contributed by atoms with Crippen LogP contribution < -0.4 is 5.43 Å². The average molecular weight is 470 g/mol. The van der Waals surface area contributed by atoms with Crippen LogP contribution in [0.5, 0.6) is 0 Å². The summed E-state index contributed by atoms with van der Waals surface area (Å²) in [4.78, 5) is 13.4. The molecule has 0 radical (unpaired) electrons. The lowest BCUT2D eigenvalue weighted by Crippen LogP contribution is -2.26. The second kappa shape index (κ2) is 9.46. The summed E-state index contributed by atoms with van der Waals surface area (Å²) in [6, 6.07) is 18.4. The largest absolute Gasteiger partial charge is 0.318 e. The molecule has 0 saturated carbocycles. The third-order valence-corrected chi connectivity index (χ3v) is 6.22. The molecule has 1 heterocycles. The molecule has 1 amide bonds. The number of nitrogens with zero attached hydrogens (tertiary/aromatic N) is 2. The Balaban J connectivity index is 1.66. The molecule has 0 aliphatic heterocycles. The van der Waals surface area contributed by atoms with Crippen molar-refractivity contribution in [3.63, 3.8) is 0 Å². The average Bonchev–Trinajstić information content (AvgIpc) is 2.97. The number of aryl methyl sites for hydroxylation is 2. The van der Waals surface area contributed by atoms with Crippen molar-refractivity contribution in [2.45, 2.75) is 37.8 Å². The van der Waals surface area contributed by atoms with Gasteiger partial charge in [-0.1, -0.05) is 39.7 Å². The van der Waals surface area contributed by atoms with Gasteiger partial charge in [-0.25, -0.2) is 5.43 Å². The Labute approximate surface area is 184 Å². The number of nitrogens with one attached hydrogen (secondary N) is 1. The van der Waals surface area contributed by atoms with Crippen molar-refractivity contribution in [3.8, 4) is 5.69 Å². The molecule has 3 aromatic rings. The van der Waals surface area contributed by atoms with Crippen LogP contribution in [0.2, 0.25) is 0 Å². The molecule has 150 valence electrons. The third kappa shape index (κ3) is 5.40. The molecule has 0 bridgehead atoms. The van der Waals surface area contributed by atoms with Gasteiger partial charge in [0.25, 0.3) is 5.91 Å². The van der Waals surface area contributed by atoms with Crippen molar-refractivity contribution in [3.05, 3.63) is 81.6 Å². The van der Waals surface area contributed by atoms with Crippen LogP contribution in [-0.4, -0.2) is 21.9 Å². The molecule has 0 saturated heterocycles. The van der Waals surface area contributed by atoms with E-state index >= 15 is 0 Å². The van der Waals surface area contributed by atoms with Crippen molar-refractivity contribution in [2.24, 2.45) is 5.10 Å². The van der Waals surface area contributed by atoms with Gasteiger partial charge in [0.15, 0.2) is 0 Å². The van der Waals surface area contributed by atoms with E-state index in [2.05, 4.69) is 56.1 Å². The number of amides is 1. The van der Waals surface area contributed by atoms with Crippen molar-refractivity contribution >= 4 is 39.8 Å². The lowest BCUT2D eigenvalue weighted by Gasteiger charge is -2.10. The molecular formula is C23H24BrN3OS. The Kier molecular flexibility index (Phi) is 6.98. The maximum Gasteiger partial charge on any atom is 0.253 e. The maximum absolute atomic E-state index is 12.4. The van der Waals surface area contributed by atoms with Crippen LogP contribution in [0, 0.1) is 20.8 Å². The normalized spacial score (nSPS) is 12.3. The fourth-order valence-electron chi connectivity index (χ4n) is 3.06. The summed E-state index contributed by atoms with van der Waals surface area (Å²) in [5.74, 6) is -0.118. The zero-order valence-electron chi connectivity index (χ0n) is 16.9. The van der Waals surface area contributed by atoms with Gasteiger partial charge in [-0.15, -0.1) is 11.8 Å². The highest BCUT2D eigenvalue weighted by Crippen LogP contribution is 2.24. The van der Waals surface area contributed by atoms with Crippen molar-refractivity contribution < 1.29 is 4.79 Å². The minimum absolute atomic E-state index is 0.118. The number of rotatable bonds is 6. The number of thioether (sulfide) groups is 1. The summed E-state index contributed by atoms with van der Waals surface area (Å²) < 4.78 is 3.20. The maximum atomic E-state index is 12.4. The van der Waals surface area contributed by atoms with Crippen molar-refractivity contribution in [2.75, 3.05) is 0 Å². The number of halogens is 1. The first-order valence-corrected chi connectivity index (χ1v) is 11.0. The van der Waals surface area contributed by atoms with Gasteiger partial charge < -0.3 is 4.57 Å². The number of hydrogen-bond acceptors (Lipinski definition) is 3. The smallest absolute Gasteiger partial charge is 0.253 e. The molecule has 0 aliphatic carbocycles. The van der Waals surface area contributed by atoms with Crippen LogP contribution in [0.4, 0.5) is 0 Å². The Hall–Kier alpha value is -2.31. The second-order valence-electron chi connectivity index (χ2n) is 6.95. The molecule has 1 N–H and O–H groups in total. The third-order valence-electron chi connectivity index (χ3n) is 4.62. The van der Waals surface area contributed by atoms with Gasteiger partial charge >= 0.3 is 0 Å². The van der Waals surface area contributed by atoms with Gasteiger partial charge in [0, 0.05) is 32.0 Å². The van der Waals surface area contributed by atoms with E-state index in [0.29, 0.717) is 0 Å². The predicted molar refractivity (Wildman–Crippen MR) is 125 cm³/mol. The predicted octanol–water partition coefficient (Wildman–Crippen LogP) is 5.80. The van der Waals surface area contributed by atoms with E-state index in [-0.39, 0.29) is 11.2 Å². The molecule has 4 nitrogen and oxygen atoms in total. The van der Waals surface area contributed by atoms with Gasteiger partial charge in [0.05, 0.1) is 11.5 Å². The zero-order valence-corrected chi connectivity index (χ0v) is 19.3. The van der Waals surface area contributed by atoms with Gasteiger partial charge in [-0.2, -0.15) is 5.10 Å². The second-order valence-corrected chi connectivity index (χ2v) is 9.28. The molecule has 1 aromatic heterocycles. The molecule has 6 heteroatoms. The van der Waals surface area contributed by atoms with E-state index in [1.165, 1.54) is 17.3 Å². The van der Waals surface area contributed by atoms with Gasteiger partial charge in [-0.05, 0) is 64.1 Å². The summed E-state index contributed by atoms with van der Waals surface area (Å²) in [6.45, 7) is 8.04. The Morgan fingerprint density at radius 1 is 1.14 bits per heavy atom. The molecule has 1 atom stereocenters. The topological polar surface area (TPSA) is 46.4 Å². The summed E-state index contributed by atoms with van der Waals surface area (Å²) >= 11 is 5.05. The summed E-state index contributed by atoms with van der Waals surface area (Å²) in [5, 5.41) is 3.95. The van der Waals surface area contributed by atoms with E-state index in [1.54, 1.807) is 6.21 Å². The quantitative estimate of drug-likeness (QED) is 0.281. The van der Waals surface area contributed by atoms with Gasteiger partial charge in [-0.3, -0.25) is 4.79 Å². The Morgan fingerprint density at radius 2 is 1.86 bits per heavy atom. The first-order chi connectivity index (χ1) is 13.8. The van der Waals surface area contributed by atoms with Crippen LogP contribution in [-0.2, 0) is 4.79 Å². The molecule has 0 aliphatic rings. The van der Waals surface area contributed by atoms with Gasteiger partial charge in [0.1, 0.15) is 0 Å². The Morgan fingerprint density at radius 3 is 2.55 bits per heavy atom. The summed E-state index contributed by atoms with van der Waals surface area (Å²) in [7, 11) is 0. The summed E-state index contributed by atoms with van der Waals surface area (Å²) in [6.07, 6.45) is 1.71.